The van der Waals surface area contributed by atoms with Crippen molar-refractivity contribution in [2.45, 2.75) is 31.9 Å². The van der Waals surface area contributed by atoms with E-state index in [4.69, 9.17) is 14.0 Å². The number of anilines is 1. The van der Waals surface area contributed by atoms with Crippen LogP contribution in [0.4, 0.5) is 5.82 Å². The SMILES string of the molecule is COc1cc(CN2CCC(Oc3cccnc3N3CCCC3)C2)on1. The van der Waals surface area contributed by atoms with Crippen molar-refractivity contribution in [2.24, 2.45) is 0 Å². The largest absolute Gasteiger partial charge is 0.485 e. The maximum atomic E-state index is 6.30. The van der Waals surface area contributed by atoms with Crippen molar-refractivity contribution < 1.29 is 14.0 Å². The molecule has 134 valence electrons. The zero-order chi connectivity index (χ0) is 17.1. The molecule has 0 bridgehead atoms. The number of aromatic nitrogens is 2. The van der Waals surface area contributed by atoms with Gasteiger partial charge in [0, 0.05) is 38.4 Å². The number of likely N-dealkylation sites (tertiary alicyclic amines) is 1. The fourth-order valence-corrected chi connectivity index (χ4v) is 3.54. The third kappa shape index (κ3) is 3.71. The van der Waals surface area contributed by atoms with Gasteiger partial charge < -0.3 is 18.9 Å². The number of ether oxygens (including phenoxy) is 2. The van der Waals surface area contributed by atoms with E-state index in [1.165, 1.54) is 12.8 Å². The van der Waals surface area contributed by atoms with E-state index in [-0.39, 0.29) is 6.10 Å². The van der Waals surface area contributed by atoms with Crippen LogP contribution in [-0.4, -0.2) is 54.4 Å². The average Bonchev–Trinajstić information content (AvgIpc) is 3.38. The van der Waals surface area contributed by atoms with Crippen LogP contribution in [0.3, 0.4) is 0 Å². The highest BCUT2D eigenvalue weighted by molar-refractivity contribution is 5.52. The topological polar surface area (TPSA) is 63.9 Å². The molecule has 2 aliphatic rings. The maximum absolute atomic E-state index is 6.30. The third-order valence-electron chi connectivity index (χ3n) is 4.81. The molecular weight excluding hydrogens is 320 g/mol. The van der Waals surface area contributed by atoms with E-state index in [9.17, 15) is 0 Å². The van der Waals surface area contributed by atoms with Crippen LogP contribution in [0.25, 0.3) is 0 Å². The molecule has 1 unspecified atom stereocenters. The second-order valence-electron chi connectivity index (χ2n) is 6.62. The zero-order valence-electron chi connectivity index (χ0n) is 14.6. The number of hydrogen-bond acceptors (Lipinski definition) is 7. The van der Waals surface area contributed by atoms with Crippen molar-refractivity contribution in [1.29, 1.82) is 0 Å². The molecule has 4 heterocycles. The lowest BCUT2D eigenvalue weighted by Gasteiger charge is -2.22. The van der Waals surface area contributed by atoms with Crippen LogP contribution in [0.5, 0.6) is 11.6 Å². The second-order valence-corrected chi connectivity index (χ2v) is 6.62. The normalized spacial score (nSPS) is 21.0. The first-order chi connectivity index (χ1) is 12.3. The van der Waals surface area contributed by atoms with Gasteiger partial charge in [0.25, 0.3) is 5.88 Å². The fourth-order valence-electron chi connectivity index (χ4n) is 3.54. The van der Waals surface area contributed by atoms with Gasteiger partial charge >= 0.3 is 0 Å². The Labute approximate surface area is 147 Å². The van der Waals surface area contributed by atoms with Gasteiger partial charge in [0.15, 0.2) is 17.3 Å². The van der Waals surface area contributed by atoms with E-state index in [1.54, 1.807) is 7.11 Å². The molecule has 0 spiro atoms. The van der Waals surface area contributed by atoms with E-state index >= 15 is 0 Å². The van der Waals surface area contributed by atoms with Gasteiger partial charge in [0.1, 0.15) is 6.10 Å². The summed E-state index contributed by atoms with van der Waals surface area (Å²) < 4.78 is 16.6. The van der Waals surface area contributed by atoms with Crippen molar-refractivity contribution in [1.82, 2.24) is 15.0 Å². The first-order valence-corrected chi connectivity index (χ1v) is 8.90. The van der Waals surface area contributed by atoms with Gasteiger partial charge in [-0.3, -0.25) is 4.90 Å². The number of pyridine rings is 1. The van der Waals surface area contributed by atoms with E-state index in [1.807, 2.05) is 24.4 Å². The Morgan fingerprint density at radius 1 is 1.28 bits per heavy atom. The smallest absolute Gasteiger partial charge is 0.254 e. The molecule has 2 aliphatic heterocycles. The highest BCUT2D eigenvalue weighted by atomic mass is 16.5. The van der Waals surface area contributed by atoms with Crippen molar-refractivity contribution in [3.05, 3.63) is 30.2 Å². The molecular formula is C18H24N4O3. The first kappa shape index (κ1) is 16.2. The van der Waals surface area contributed by atoms with Crippen LogP contribution in [0, 0.1) is 0 Å². The Balaban J connectivity index is 1.36. The Hall–Kier alpha value is -2.28. The summed E-state index contributed by atoms with van der Waals surface area (Å²) in [6, 6.07) is 5.81. The van der Waals surface area contributed by atoms with Gasteiger partial charge in [0.05, 0.1) is 13.7 Å². The van der Waals surface area contributed by atoms with E-state index in [0.29, 0.717) is 5.88 Å². The predicted molar refractivity (Wildman–Crippen MR) is 93.0 cm³/mol. The summed E-state index contributed by atoms with van der Waals surface area (Å²) in [6.07, 6.45) is 5.48. The van der Waals surface area contributed by atoms with Gasteiger partial charge in [-0.2, -0.15) is 0 Å². The standard InChI is InChI=1S/C18H24N4O3/c1-23-17-11-15(25-20-17)13-21-10-6-14(12-21)24-16-5-4-7-19-18(16)22-8-2-3-9-22/h4-5,7,11,14H,2-3,6,8-10,12-13H2,1H3. The molecule has 1 atom stereocenters. The van der Waals surface area contributed by atoms with Crippen LogP contribution >= 0.6 is 0 Å². The molecule has 0 radical (unpaired) electrons. The highest BCUT2D eigenvalue weighted by Gasteiger charge is 2.27. The lowest BCUT2D eigenvalue weighted by molar-refractivity contribution is 0.191. The Morgan fingerprint density at radius 2 is 2.16 bits per heavy atom. The summed E-state index contributed by atoms with van der Waals surface area (Å²) in [7, 11) is 1.59. The molecule has 0 aromatic carbocycles. The number of hydrogen-bond donors (Lipinski definition) is 0. The monoisotopic (exact) mass is 344 g/mol. The molecule has 7 nitrogen and oxygen atoms in total. The van der Waals surface area contributed by atoms with Gasteiger partial charge in [-0.1, -0.05) is 0 Å². The predicted octanol–water partition coefficient (Wildman–Crippen LogP) is 2.33. The minimum absolute atomic E-state index is 0.176. The molecule has 0 saturated carbocycles. The summed E-state index contributed by atoms with van der Waals surface area (Å²) in [4.78, 5) is 9.19. The Kier molecular flexibility index (Phi) is 4.74. The average molecular weight is 344 g/mol. The van der Waals surface area contributed by atoms with E-state index in [0.717, 1.165) is 56.5 Å². The van der Waals surface area contributed by atoms with E-state index < -0.39 is 0 Å². The zero-order valence-corrected chi connectivity index (χ0v) is 14.6. The van der Waals surface area contributed by atoms with Gasteiger partial charge in [-0.05, 0) is 36.6 Å². The summed E-state index contributed by atoms with van der Waals surface area (Å²) >= 11 is 0. The fraction of sp³-hybridized carbons (Fsp3) is 0.556. The van der Waals surface area contributed by atoms with Crippen LogP contribution in [0.2, 0.25) is 0 Å². The quantitative estimate of drug-likeness (QED) is 0.797. The molecule has 0 amide bonds. The summed E-state index contributed by atoms with van der Waals surface area (Å²) in [5.41, 5.74) is 0. The Morgan fingerprint density at radius 3 is 2.96 bits per heavy atom. The minimum atomic E-state index is 0.176. The van der Waals surface area contributed by atoms with Crippen LogP contribution < -0.4 is 14.4 Å². The van der Waals surface area contributed by atoms with Gasteiger partial charge in [-0.15, -0.1) is 0 Å². The van der Waals surface area contributed by atoms with Gasteiger partial charge in [-0.25, -0.2) is 4.98 Å². The van der Waals surface area contributed by atoms with Crippen LogP contribution in [0.1, 0.15) is 25.0 Å². The van der Waals surface area contributed by atoms with Crippen molar-refractivity contribution in [3.8, 4) is 11.6 Å². The lowest BCUT2D eigenvalue weighted by atomic mass is 10.3. The number of methoxy groups -OCH3 is 1. The van der Waals surface area contributed by atoms with Crippen molar-refractivity contribution >= 4 is 5.82 Å². The molecule has 2 aromatic rings. The third-order valence-corrected chi connectivity index (χ3v) is 4.81. The molecule has 25 heavy (non-hydrogen) atoms. The summed E-state index contributed by atoms with van der Waals surface area (Å²) in [5, 5.41) is 3.85. The molecule has 2 fully saturated rings. The molecule has 0 N–H and O–H groups in total. The van der Waals surface area contributed by atoms with Gasteiger partial charge in [0.2, 0.25) is 0 Å². The second kappa shape index (κ2) is 7.31. The maximum Gasteiger partial charge on any atom is 0.254 e. The highest BCUT2D eigenvalue weighted by Crippen LogP contribution is 2.30. The molecule has 7 heteroatoms. The minimum Gasteiger partial charge on any atom is -0.485 e. The molecule has 2 saturated heterocycles. The molecule has 2 aromatic heterocycles. The summed E-state index contributed by atoms with van der Waals surface area (Å²) in [6.45, 7) is 4.71. The van der Waals surface area contributed by atoms with E-state index in [2.05, 4.69) is 19.9 Å². The number of rotatable bonds is 6. The van der Waals surface area contributed by atoms with Crippen LogP contribution in [0.15, 0.2) is 28.9 Å². The van der Waals surface area contributed by atoms with Crippen molar-refractivity contribution in [3.63, 3.8) is 0 Å². The molecule has 0 aliphatic carbocycles. The van der Waals surface area contributed by atoms with Crippen molar-refractivity contribution in [2.75, 3.05) is 38.2 Å². The van der Waals surface area contributed by atoms with Crippen LogP contribution in [-0.2, 0) is 6.54 Å². The lowest BCUT2D eigenvalue weighted by Crippen LogP contribution is -2.26. The summed E-state index contributed by atoms with van der Waals surface area (Å²) in [5.74, 6) is 3.22. The molecule has 4 rings (SSSR count). The number of nitrogens with zero attached hydrogens (tertiary/aromatic N) is 4. The Bertz CT molecular complexity index is 699. The first-order valence-electron chi connectivity index (χ1n) is 8.90.